The molecule has 0 spiro atoms. The molecule has 1 atom stereocenters. The highest BCUT2D eigenvalue weighted by Crippen LogP contribution is 2.21. The van der Waals surface area contributed by atoms with E-state index < -0.39 is 6.10 Å². The molecule has 0 aromatic heterocycles. The predicted octanol–water partition coefficient (Wildman–Crippen LogP) is 1.66. The SMILES string of the molecule is CCN1CCC(CC(=O)NC[C@@H](O)c2cccc(O)c2)CC1. The lowest BCUT2D eigenvalue weighted by atomic mass is 9.93. The van der Waals surface area contributed by atoms with Crippen molar-refractivity contribution in [1.29, 1.82) is 0 Å². The van der Waals surface area contributed by atoms with Gasteiger partial charge in [0.05, 0.1) is 6.10 Å². The average Bonchev–Trinajstić information content (AvgIpc) is 2.53. The molecule has 1 amide bonds. The van der Waals surface area contributed by atoms with Crippen LogP contribution in [0.4, 0.5) is 0 Å². The maximum atomic E-state index is 12.0. The highest BCUT2D eigenvalue weighted by molar-refractivity contribution is 5.76. The summed E-state index contributed by atoms with van der Waals surface area (Å²) >= 11 is 0. The van der Waals surface area contributed by atoms with Crippen LogP contribution in [0.5, 0.6) is 5.75 Å². The maximum Gasteiger partial charge on any atom is 0.220 e. The van der Waals surface area contributed by atoms with E-state index in [1.165, 1.54) is 6.07 Å². The summed E-state index contributed by atoms with van der Waals surface area (Å²) in [6.45, 7) is 5.56. The molecule has 1 aromatic rings. The van der Waals surface area contributed by atoms with Gasteiger partial charge in [0.15, 0.2) is 0 Å². The van der Waals surface area contributed by atoms with Crippen LogP contribution in [0.2, 0.25) is 0 Å². The Balaban J connectivity index is 1.71. The highest BCUT2D eigenvalue weighted by Gasteiger charge is 2.20. The molecule has 1 aromatic carbocycles. The molecule has 1 fully saturated rings. The summed E-state index contributed by atoms with van der Waals surface area (Å²) in [5.74, 6) is 0.556. The van der Waals surface area contributed by atoms with Gasteiger partial charge in [0.25, 0.3) is 0 Å². The van der Waals surface area contributed by atoms with E-state index in [1.807, 2.05) is 0 Å². The van der Waals surface area contributed by atoms with Crippen molar-refractivity contribution in [3.63, 3.8) is 0 Å². The van der Waals surface area contributed by atoms with Crippen molar-refractivity contribution in [3.8, 4) is 5.75 Å². The van der Waals surface area contributed by atoms with E-state index in [2.05, 4.69) is 17.1 Å². The molecule has 0 bridgehead atoms. The van der Waals surface area contributed by atoms with Crippen molar-refractivity contribution in [2.75, 3.05) is 26.2 Å². The minimum Gasteiger partial charge on any atom is -0.508 e. The van der Waals surface area contributed by atoms with E-state index >= 15 is 0 Å². The van der Waals surface area contributed by atoms with Gasteiger partial charge in [-0.1, -0.05) is 19.1 Å². The fourth-order valence-electron chi connectivity index (χ4n) is 2.90. The number of piperidine rings is 1. The van der Waals surface area contributed by atoms with Crippen LogP contribution in [0.25, 0.3) is 0 Å². The number of hydrogen-bond acceptors (Lipinski definition) is 4. The third-order valence-corrected chi connectivity index (χ3v) is 4.38. The molecular formula is C17H26N2O3. The van der Waals surface area contributed by atoms with Gasteiger partial charge in [-0.2, -0.15) is 0 Å². The summed E-state index contributed by atoms with van der Waals surface area (Å²) < 4.78 is 0. The number of nitrogens with one attached hydrogen (secondary N) is 1. The molecule has 22 heavy (non-hydrogen) atoms. The van der Waals surface area contributed by atoms with Crippen LogP contribution >= 0.6 is 0 Å². The predicted molar refractivity (Wildman–Crippen MR) is 85.5 cm³/mol. The molecule has 1 aliphatic heterocycles. The number of hydrogen-bond donors (Lipinski definition) is 3. The minimum absolute atomic E-state index is 0.00542. The molecule has 0 radical (unpaired) electrons. The smallest absolute Gasteiger partial charge is 0.220 e. The second kappa shape index (κ2) is 8.15. The lowest BCUT2D eigenvalue weighted by Crippen LogP contribution is -2.36. The molecule has 0 saturated carbocycles. The fourth-order valence-corrected chi connectivity index (χ4v) is 2.90. The largest absolute Gasteiger partial charge is 0.508 e. The number of phenolic OH excluding ortho intramolecular Hbond substituents is 1. The van der Waals surface area contributed by atoms with Crippen molar-refractivity contribution in [3.05, 3.63) is 29.8 Å². The van der Waals surface area contributed by atoms with Crippen molar-refractivity contribution in [2.45, 2.75) is 32.3 Å². The van der Waals surface area contributed by atoms with Crippen LogP contribution in [0.15, 0.2) is 24.3 Å². The zero-order valence-corrected chi connectivity index (χ0v) is 13.2. The quantitative estimate of drug-likeness (QED) is 0.747. The van der Waals surface area contributed by atoms with Crippen LogP contribution in [0.3, 0.4) is 0 Å². The lowest BCUT2D eigenvalue weighted by Gasteiger charge is -2.30. The number of amides is 1. The van der Waals surface area contributed by atoms with Crippen molar-refractivity contribution in [2.24, 2.45) is 5.92 Å². The Kier molecular flexibility index (Phi) is 6.21. The first kappa shape index (κ1) is 16.8. The van der Waals surface area contributed by atoms with Crippen LogP contribution in [0, 0.1) is 5.92 Å². The first-order valence-corrected chi connectivity index (χ1v) is 8.04. The zero-order chi connectivity index (χ0) is 15.9. The zero-order valence-electron chi connectivity index (χ0n) is 13.2. The fraction of sp³-hybridized carbons (Fsp3) is 0.588. The third kappa shape index (κ3) is 5.00. The Bertz CT molecular complexity index is 485. The number of aromatic hydroxyl groups is 1. The normalized spacial score (nSPS) is 18.1. The number of benzene rings is 1. The highest BCUT2D eigenvalue weighted by atomic mass is 16.3. The molecule has 122 valence electrons. The van der Waals surface area contributed by atoms with Gasteiger partial charge in [-0.05, 0) is 56.1 Å². The Labute approximate surface area is 131 Å². The number of aliphatic hydroxyl groups excluding tert-OH is 1. The van der Waals surface area contributed by atoms with Crippen molar-refractivity contribution in [1.82, 2.24) is 10.2 Å². The molecule has 5 nitrogen and oxygen atoms in total. The molecule has 1 aliphatic rings. The van der Waals surface area contributed by atoms with Crippen LogP contribution in [-0.4, -0.2) is 47.2 Å². The minimum atomic E-state index is -0.794. The van der Waals surface area contributed by atoms with Gasteiger partial charge < -0.3 is 20.4 Å². The summed E-state index contributed by atoms with van der Waals surface area (Å²) in [5, 5.41) is 22.2. The summed E-state index contributed by atoms with van der Waals surface area (Å²) in [5.41, 5.74) is 0.608. The van der Waals surface area contributed by atoms with Crippen LogP contribution in [-0.2, 0) is 4.79 Å². The number of carbonyl (C=O) groups is 1. The molecular weight excluding hydrogens is 280 g/mol. The van der Waals surface area contributed by atoms with Gasteiger partial charge in [-0.15, -0.1) is 0 Å². The number of aliphatic hydroxyl groups is 1. The topological polar surface area (TPSA) is 72.8 Å². The van der Waals surface area contributed by atoms with E-state index in [0.29, 0.717) is 17.9 Å². The van der Waals surface area contributed by atoms with Crippen LogP contribution < -0.4 is 5.32 Å². The first-order valence-electron chi connectivity index (χ1n) is 8.04. The first-order chi connectivity index (χ1) is 10.6. The van der Waals surface area contributed by atoms with E-state index in [9.17, 15) is 15.0 Å². The Morgan fingerprint density at radius 3 is 2.77 bits per heavy atom. The van der Waals surface area contributed by atoms with Gasteiger partial charge in [0.1, 0.15) is 5.75 Å². The van der Waals surface area contributed by atoms with E-state index in [-0.39, 0.29) is 18.2 Å². The van der Waals surface area contributed by atoms with E-state index in [0.717, 1.165) is 32.5 Å². The van der Waals surface area contributed by atoms with Gasteiger partial charge in [0.2, 0.25) is 5.91 Å². The Morgan fingerprint density at radius 2 is 2.14 bits per heavy atom. The second-order valence-electron chi connectivity index (χ2n) is 6.00. The molecule has 1 saturated heterocycles. The summed E-state index contributed by atoms with van der Waals surface area (Å²) in [7, 11) is 0. The van der Waals surface area contributed by atoms with Crippen LogP contribution in [0.1, 0.15) is 37.9 Å². The molecule has 1 heterocycles. The second-order valence-corrected chi connectivity index (χ2v) is 6.00. The summed E-state index contributed by atoms with van der Waals surface area (Å²) in [4.78, 5) is 14.4. The number of nitrogens with zero attached hydrogens (tertiary/aromatic N) is 1. The molecule has 3 N–H and O–H groups in total. The number of likely N-dealkylation sites (tertiary alicyclic amines) is 1. The van der Waals surface area contributed by atoms with E-state index in [4.69, 9.17) is 0 Å². The van der Waals surface area contributed by atoms with Gasteiger partial charge >= 0.3 is 0 Å². The van der Waals surface area contributed by atoms with Gasteiger partial charge in [-0.25, -0.2) is 0 Å². The number of rotatable bonds is 6. The maximum absolute atomic E-state index is 12.0. The molecule has 2 rings (SSSR count). The molecule has 0 aliphatic carbocycles. The van der Waals surface area contributed by atoms with Crippen molar-refractivity contribution < 1.29 is 15.0 Å². The molecule has 0 unspecified atom stereocenters. The summed E-state index contributed by atoms with van der Waals surface area (Å²) in [6.07, 6.45) is 1.87. The average molecular weight is 306 g/mol. The number of carbonyl (C=O) groups excluding carboxylic acids is 1. The third-order valence-electron chi connectivity index (χ3n) is 4.38. The van der Waals surface area contributed by atoms with Gasteiger partial charge in [0, 0.05) is 13.0 Å². The molecule has 5 heteroatoms. The van der Waals surface area contributed by atoms with Crippen molar-refractivity contribution >= 4 is 5.91 Å². The monoisotopic (exact) mass is 306 g/mol. The number of phenols is 1. The van der Waals surface area contributed by atoms with Gasteiger partial charge in [-0.3, -0.25) is 4.79 Å². The lowest BCUT2D eigenvalue weighted by molar-refractivity contribution is -0.122. The van der Waals surface area contributed by atoms with E-state index in [1.54, 1.807) is 18.2 Å². The standard InChI is InChI=1S/C17H26N2O3/c1-2-19-8-6-13(7-9-19)10-17(22)18-12-16(21)14-4-3-5-15(20)11-14/h3-5,11,13,16,20-21H,2,6-10,12H2,1H3,(H,18,22)/t16-/m1/s1. The Morgan fingerprint density at radius 1 is 1.41 bits per heavy atom. The Hall–Kier alpha value is -1.59. The summed E-state index contributed by atoms with van der Waals surface area (Å²) in [6, 6.07) is 6.48.